The van der Waals surface area contributed by atoms with Crippen molar-refractivity contribution in [1.29, 1.82) is 0 Å². The molecule has 18 heavy (non-hydrogen) atoms. The van der Waals surface area contributed by atoms with E-state index in [0.29, 0.717) is 6.04 Å². The number of anilines is 2. The molecule has 1 aromatic rings. The average Bonchev–Trinajstić information content (AvgIpc) is 2.23. The zero-order chi connectivity index (χ0) is 13.0. The topological polar surface area (TPSA) is 67.2 Å². The Balaban J connectivity index is 1.89. The molecule has 0 bridgehead atoms. The van der Waals surface area contributed by atoms with Crippen LogP contribution in [0.1, 0.15) is 32.6 Å². The second-order valence-corrected chi connectivity index (χ2v) is 5.15. The SMILES string of the molecule is CC(CC1CCC1)Nc1cccc(NC(N)=O)c1. The van der Waals surface area contributed by atoms with Gasteiger partial charge in [0.1, 0.15) is 0 Å². The third kappa shape index (κ3) is 3.65. The Morgan fingerprint density at radius 1 is 1.44 bits per heavy atom. The van der Waals surface area contributed by atoms with Crippen molar-refractivity contribution in [2.24, 2.45) is 11.7 Å². The molecule has 0 heterocycles. The fraction of sp³-hybridized carbons (Fsp3) is 0.500. The predicted molar refractivity (Wildman–Crippen MR) is 74.7 cm³/mol. The molecule has 1 aromatic carbocycles. The number of hydrogen-bond acceptors (Lipinski definition) is 2. The second kappa shape index (κ2) is 5.76. The molecular weight excluding hydrogens is 226 g/mol. The van der Waals surface area contributed by atoms with Crippen molar-refractivity contribution >= 4 is 17.4 Å². The van der Waals surface area contributed by atoms with Gasteiger partial charge in [-0.1, -0.05) is 25.3 Å². The Bertz CT molecular complexity index is 415. The van der Waals surface area contributed by atoms with Crippen molar-refractivity contribution in [3.8, 4) is 0 Å². The first-order valence-corrected chi connectivity index (χ1v) is 6.56. The van der Waals surface area contributed by atoms with Crippen LogP contribution in [0.2, 0.25) is 0 Å². The molecule has 4 nitrogen and oxygen atoms in total. The molecule has 0 spiro atoms. The number of rotatable bonds is 5. The molecule has 2 rings (SSSR count). The molecule has 4 heteroatoms. The van der Waals surface area contributed by atoms with Gasteiger partial charge in [-0.3, -0.25) is 0 Å². The van der Waals surface area contributed by atoms with Gasteiger partial charge in [0.25, 0.3) is 0 Å². The Kier molecular flexibility index (Phi) is 4.07. The van der Waals surface area contributed by atoms with Crippen LogP contribution in [0.4, 0.5) is 16.2 Å². The smallest absolute Gasteiger partial charge is 0.316 e. The van der Waals surface area contributed by atoms with Gasteiger partial charge < -0.3 is 16.4 Å². The molecule has 0 radical (unpaired) electrons. The minimum atomic E-state index is -0.533. The van der Waals surface area contributed by atoms with Gasteiger partial charge in [-0.2, -0.15) is 0 Å². The minimum Gasteiger partial charge on any atom is -0.383 e. The van der Waals surface area contributed by atoms with Crippen LogP contribution >= 0.6 is 0 Å². The molecule has 1 saturated carbocycles. The van der Waals surface area contributed by atoms with E-state index in [0.717, 1.165) is 17.3 Å². The number of benzene rings is 1. The summed E-state index contributed by atoms with van der Waals surface area (Å²) in [5.41, 5.74) is 6.84. The summed E-state index contributed by atoms with van der Waals surface area (Å²) in [6, 6.07) is 7.57. The van der Waals surface area contributed by atoms with Gasteiger partial charge in [0.2, 0.25) is 0 Å². The van der Waals surface area contributed by atoms with Crippen molar-refractivity contribution in [2.75, 3.05) is 10.6 Å². The highest BCUT2D eigenvalue weighted by molar-refractivity contribution is 5.88. The fourth-order valence-corrected chi connectivity index (χ4v) is 2.40. The third-order valence-corrected chi connectivity index (χ3v) is 3.45. The molecule has 1 aliphatic rings. The second-order valence-electron chi connectivity index (χ2n) is 5.15. The minimum absolute atomic E-state index is 0.458. The highest BCUT2D eigenvalue weighted by Gasteiger charge is 2.19. The number of urea groups is 1. The molecular formula is C14H21N3O. The van der Waals surface area contributed by atoms with E-state index in [1.165, 1.54) is 25.7 Å². The van der Waals surface area contributed by atoms with Gasteiger partial charge in [-0.15, -0.1) is 0 Å². The van der Waals surface area contributed by atoms with Crippen LogP contribution in [0.25, 0.3) is 0 Å². The number of primary amides is 1. The number of carbonyl (C=O) groups is 1. The third-order valence-electron chi connectivity index (χ3n) is 3.45. The maximum Gasteiger partial charge on any atom is 0.316 e. The van der Waals surface area contributed by atoms with Crippen molar-refractivity contribution < 1.29 is 4.79 Å². The monoisotopic (exact) mass is 247 g/mol. The first kappa shape index (κ1) is 12.7. The molecule has 2 amide bonds. The van der Waals surface area contributed by atoms with E-state index >= 15 is 0 Å². The maximum atomic E-state index is 10.8. The van der Waals surface area contributed by atoms with Crippen LogP contribution in [-0.4, -0.2) is 12.1 Å². The lowest BCUT2D eigenvalue weighted by Gasteiger charge is -2.29. The normalized spacial score (nSPS) is 16.7. The highest BCUT2D eigenvalue weighted by atomic mass is 16.2. The average molecular weight is 247 g/mol. The van der Waals surface area contributed by atoms with Crippen molar-refractivity contribution in [1.82, 2.24) is 0 Å². The van der Waals surface area contributed by atoms with Crippen molar-refractivity contribution in [3.05, 3.63) is 24.3 Å². The highest BCUT2D eigenvalue weighted by Crippen LogP contribution is 2.31. The van der Waals surface area contributed by atoms with E-state index in [-0.39, 0.29) is 0 Å². The van der Waals surface area contributed by atoms with Crippen molar-refractivity contribution in [2.45, 2.75) is 38.6 Å². The fourth-order valence-electron chi connectivity index (χ4n) is 2.40. The van der Waals surface area contributed by atoms with Crippen LogP contribution in [-0.2, 0) is 0 Å². The molecule has 1 unspecified atom stereocenters. The number of carbonyl (C=O) groups excluding carboxylic acids is 1. The van der Waals surface area contributed by atoms with E-state index in [1.807, 2.05) is 24.3 Å². The summed E-state index contributed by atoms with van der Waals surface area (Å²) in [6.07, 6.45) is 5.34. The van der Waals surface area contributed by atoms with Crippen LogP contribution in [0.5, 0.6) is 0 Å². The van der Waals surface area contributed by atoms with Gasteiger partial charge in [-0.05, 0) is 37.5 Å². The maximum absolute atomic E-state index is 10.8. The molecule has 1 fully saturated rings. The Hall–Kier alpha value is -1.71. The lowest BCUT2D eigenvalue weighted by Crippen LogP contribution is -2.23. The molecule has 0 aromatic heterocycles. The van der Waals surface area contributed by atoms with Crippen molar-refractivity contribution in [3.63, 3.8) is 0 Å². The Morgan fingerprint density at radius 3 is 2.78 bits per heavy atom. The molecule has 0 aliphatic heterocycles. The molecule has 98 valence electrons. The van der Waals surface area contributed by atoms with Gasteiger partial charge in [0, 0.05) is 17.4 Å². The quantitative estimate of drug-likeness (QED) is 0.748. The van der Waals surface area contributed by atoms with Crippen LogP contribution in [0.3, 0.4) is 0 Å². The zero-order valence-corrected chi connectivity index (χ0v) is 10.8. The summed E-state index contributed by atoms with van der Waals surface area (Å²) >= 11 is 0. The van der Waals surface area contributed by atoms with Gasteiger partial charge in [0.05, 0.1) is 0 Å². The molecule has 4 N–H and O–H groups in total. The van der Waals surface area contributed by atoms with E-state index < -0.39 is 6.03 Å². The number of amides is 2. The van der Waals surface area contributed by atoms with Crippen LogP contribution in [0, 0.1) is 5.92 Å². The number of hydrogen-bond donors (Lipinski definition) is 3. The predicted octanol–water partition coefficient (Wildman–Crippen LogP) is 3.17. The summed E-state index contributed by atoms with van der Waals surface area (Å²) < 4.78 is 0. The first-order chi connectivity index (χ1) is 8.63. The Morgan fingerprint density at radius 2 is 2.17 bits per heavy atom. The molecule has 1 aliphatic carbocycles. The van der Waals surface area contributed by atoms with E-state index in [1.54, 1.807) is 0 Å². The summed E-state index contributed by atoms with van der Waals surface area (Å²) in [4.78, 5) is 10.8. The van der Waals surface area contributed by atoms with E-state index in [2.05, 4.69) is 17.6 Å². The zero-order valence-electron chi connectivity index (χ0n) is 10.8. The summed E-state index contributed by atoms with van der Waals surface area (Å²) in [7, 11) is 0. The standard InChI is InChI=1S/C14H21N3O/c1-10(8-11-4-2-5-11)16-12-6-3-7-13(9-12)17-14(15)18/h3,6-7,9-11,16H,2,4-5,8H2,1H3,(H3,15,17,18). The van der Waals surface area contributed by atoms with E-state index in [9.17, 15) is 4.79 Å². The van der Waals surface area contributed by atoms with E-state index in [4.69, 9.17) is 5.73 Å². The first-order valence-electron chi connectivity index (χ1n) is 6.56. The molecule has 1 atom stereocenters. The number of nitrogens with one attached hydrogen (secondary N) is 2. The lowest BCUT2D eigenvalue weighted by molar-refractivity contribution is 0.259. The van der Waals surface area contributed by atoms with Gasteiger partial charge in [0.15, 0.2) is 0 Å². The molecule has 0 saturated heterocycles. The van der Waals surface area contributed by atoms with Crippen LogP contribution < -0.4 is 16.4 Å². The Labute approximate surface area is 108 Å². The largest absolute Gasteiger partial charge is 0.383 e. The van der Waals surface area contributed by atoms with Crippen LogP contribution in [0.15, 0.2) is 24.3 Å². The summed E-state index contributed by atoms with van der Waals surface area (Å²) in [6.45, 7) is 2.20. The summed E-state index contributed by atoms with van der Waals surface area (Å²) in [5, 5.41) is 6.04. The van der Waals surface area contributed by atoms with Gasteiger partial charge >= 0.3 is 6.03 Å². The number of nitrogens with two attached hydrogens (primary N) is 1. The lowest BCUT2D eigenvalue weighted by atomic mass is 9.81. The summed E-state index contributed by atoms with van der Waals surface area (Å²) in [5.74, 6) is 0.888. The van der Waals surface area contributed by atoms with Gasteiger partial charge in [-0.25, -0.2) is 4.79 Å².